The van der Waals surface area contributed by atoms with Gasteiger partial charge in [0, 0.05) is 17.1 Å². The molecule has 0 unspecified atom stereocenters. The SMILES string of the molecule is Cc1cnc2c(C(F)(F)F)cccc2c1-c1cccc(C=O)c1. The van der Waals surface area contributed by atoms with Gasteiger partial charge in [-0.15, -0.1) is 0 Å². The van der Waals surface area contributed by atoms with Crippen LogP contribution in [0.25, 0.3) is 22.0 Å². The van der Waals surface area contributed by atoms with Crippen LogP contribution in [0.4, 0.5) is 13.2 Å². The van der Waals surface area contributed by atoms with Gasteiger partial charge in [0.2, 0.25) is 0 Å². The Kier molecular flexibility index (Phi) is 3.64. The lowest BCUT2D eigenvalue weighted by Crippen LogP contribution is -2.07. The van der Waals surface area contributed by atoms with E-state index in [0.29, 0.717) is 28.4 Å². The Morgan fingerprint density at radius 2 is 1.83 bits per heavy atom. The Morgan fingerprint density at radius 3 is 2.52 bits per heavy atom. The molecule has 2 aromatic carbocycles. The number of fused-ring (bicyclic) bond motifs is 1. The number of aryl methyl sites for hydroxylation is 1. The van der Waals surface area contributed by atoms with Gasteiger partial charge in [-0.1, -0.05) is 30.3 Å². The number of carbonyl (C=O) groups is 1. The van der Waals surface area contributed by atoms with Crippen LogP contribution < -0.4 is 0 Å². The number of pyridine rings is 1. The van der Waals surface area contributed by atoms with Crippen LogP contribution in [0.1, 0.15) is 21.5 Å². The topological polar surface area (TPSA) is 30.0 Å². The second kappa shape index (κ2) is 5.50. The van der Waals surface area contributed by atoms with Gasteiger partial charge >= 0.3 is 6.18 Å². The minimum Gasteiger partial charge on any atom is -0.298 e. The van der Waals surface area contributed by atoms with Crippen LogP contribution in [-0.2, 0) is 6.18 Å². The summed E-state index contributed by atoms with van der Waals surface area (Å²) in [6.45, 7) is 1.79. The normalized spacial score (nSPS) is 11.7. The molecule has 5 heteroatoms. The van der Waals surface area contributed by atoms with Crippen molar-refractivity contribution in [3.05, 3.63) is 65.4 Å². The van der Waals surface area contributed by atoms with E-state index in [4.69, 9.17) is 0 Å². The van der Waals surface area contributed by atoms with Crippen molar-refractivity contribution < 1.29 is 18.0 Å². The fourth-order valence-corrected chi connectivity index (χ4v) is 2.70. The summed E-state index contributed by atoms with van der Waals surface area (Å²) >= 11 is 0. The number of aromatic nitrogens is 1. The predicted molar refractivity (Wildman–Crippen MR) is 82.3 cm³/mol. The third-order valence-corrected chi connectivity index (χ3v) is 3.70. The minimum atomic E-state index is -4.47. The average molecular weight is 315 g/mol. The Morgan fingerprint density at radius 1 is 1.09 bits per heavy atom. The molecule has 0 N–H and O–H groups in total. The number of benzene rings is 2. The quantitative estimate of drug-likeness (QED) is 0.620. The fourth-order valence-electron chi connectivity index (χ4n) is 2.70. The van der Waals surface area contributed by atoms with Crippen LogP contribution in [0.15, 0.2) is 48.7 Å². The molecule has 0 aliphatic carbocycles. The predicted octanol–water partition coefficient (Wildman–Crippen LogP) is 5.04. The van der Waals surface area contributed by atoms with Crippen LogP contribution >= 0.6 is 0 Å². The van der Waals surface area contributed by atoms with Crippen molar-refractivity contribution in [3.8, 4) is 11.1 Å². The summed E-state index contributed by atoms with van der Waals surface area (Å²) in [6.07, 6.45) is -2.33. The van der Waals surface area contributed by atoms with Crippen molar-refractivity contribution in [2.24, 2.45) is 0 Å². The van der Waals surface area contributed by atoms with E-state index in [9.17, 15) is 18.0 Å². The first-order valence-electron chi connectivity index (χ1n) is 6.93. The molecule has 2 nitrogen and oxygen atoms in total. The first kappa shape index (κ1) is 15.2. The standard InChI is InChI=1S/C18H12F3NO/c1-11-9-22-17-14(6-3-7-15(17)18(19,20)21)16(11)13-5-2-4-12(8-13)10-23/h2-10H,1H3. The number of aldehydes is 1. The van der Waals surface area contributed by atoms with Crippen molar-refractivity contribution in [1.29, 1.82) is 0 Å². The summed E-state index contributed by atoms with van der Waals surface area (Å²) in [7, 11) is 0. The van der Waals surface area contributed by atoms with Gasteiger partial charge in [0.05, 0.1) is 11.1 Å². The third kappa shape index (κ3) is 2.70. The van der Waals surface area contributed by atoms with Crippen molar-refractivity contribution in [2.75, 3.05) is 0 Å². The minimum absolute atomic E-state index is 0.0860. The maximum atomic E-state index is 13.2. The highest BCUT2D eigenvalue weighted by atomic mass is 19.4. The summed E-state index contributed by atoms with van der Waals surface area (Å²) < 4.78 is 39.6. The zero-order valence-corrected chi connectivity index (χ0v) is 12.2. The van der Waals surface area contributed by atoms with E-state index in [-0.39, 0.29) is 5.52 Å². The molecule has 0 aliphatic heterocycles. The molecule has 0 saturated heterocycles. The number of alkyl halides is 3. The molecule has 116 valence electrons. The van der Waals surface area contributed by atoms with E-state index in [2.05, 4.69) is 4.98 Å². The maximum Gasteiger partial charge on any atom is 0.418 e. The Labute approximate surface area is 130 Å². The highest BCUT2D eigenvalue weighted by Gasteiger charge is 2.33. The summed E-state index contributed by atoms with van der Waals surface area (Å²) in [5.74, 6) is 0. The molecule has 0 amide bonds. The lowest BCUT2D eigenvalue weighted by molar-refractivity contribution is -0.136. The number of nitrogens with zero attached hydrogens (tertiary/aromatic N) is 1. The number of rotatable bonds is 2. The molecule has 23 heavy (non-hydrogen) atoms. The third-order valence-electron chi connectivity index (χ3n) is 3.70. The van der Waals surface area contributed by atoms with E-state index in [1.54, 1.807) is 37.3 Å². The number of hydrogen-bond donors (Lipinski definition) is 0. The summed E-state index contributed by atoms with van der Waals surface area (Å²) in [5.41, 5.74) is 1.72. The first-order chi connectivity index (χ1) is 10.9. The average Bonchev–Trinajstić information content (AvgIpc) is 2.53. The molecule has 0 saturated carbocycles. The summed E-state index contributed by atoms with van der Waals surface area (Å²) in [5, 5.41) is 0.419. The Balaban J connectivity index is 2.37. The fraction of sp³-hybridized carbons (Fsp3) is 0.111. The Hall–Kier alpha value is -2.69. The highest BCUT2D eigenvalue weighted by molar-refractivity contribution is 5.98. The van der Waals surface area contributed by atoms with Crippen LogP contribution in [0.2, 0.25) is 0 Å². The largest absolute Gasteiger partial charge is 0.418 e. The van der Waals surface area contributed by atoms with Crippen molar-refractivity contribution in [3.63, 3.8) is 0 Å². The molecule has 0 aliphatic rings. The molecule has 0 bridgehead atoms. The lowest BCUT2D eigenvalue weighted by atomic mass is 9.94. The molecule has 1 heterocycles. The van der Waals surface area contributed by atoms with E-state index in [1.807, 2.05) is 0 Å². The molecule has 1 aromatic heterocycles. The van der Waals surface area contributed by atoms with Gasteiger partial charge < -0.3 is 0 Å². The molecule has 0 fully saturated rings. The smallest absolute Gasteiger partial charge is 0.298 e. The molecule has 0 spiro atoms. The number of hydrogen-bond acceptors (Lipinski definition) is 2. The second-order valence-corrected chi connectivity index (χ2v) is 5.26. The van der Waals surface area contributed by atoms with Gasteiger partial charge in [0.15, 0.2) is 0 Å². The van der Waals surface area contributed by atoms with Gasteiger partial charge in [-0.25, -0.2) is 0 Å². The first-order valence-corrected chi connectivity index (χ1v) is 6.93. The number of para-hydroxylation sites is 1. The van der Waals surface area contributed by atoms with E-state index >= 15 is 0 Å². The molecule has 3 aromatic rings. The monoisotopic (exact) mass is 315 g/mol. The maximum absolute atomic E-state index is 13.2. The van der Waals surface area contributed by atoms with Crippen LogP contribution in [0.3, 0.4) is 0 Å². The molecule has 3 rings (SSSR count). The van der Waals surface area contributed by atoms with Crippen molar-refractivity contribution in [1.82, 2.24) is 4.98 Å². The second-order valence-electron chi connectivity index (χ2n) is 5.26. The highest BCUT2D eigenvalue weighted by Crippen LogP contribution is 2.38. The van der Waals surface area contributed by atoms with Crippen LogP contribution in [0, 0.1) is 6.92 Å². The number of halogens is 3. The number of carbonyl (C=O) groups excluding carboxylic acids is 1. The zero-order chi connectivity index (χ0) is 16.6. The van der Waals surface area contributed by atoms with Crippen molar-refractivity contribution in [2.45, 2.75) is 13.1 Å². The van der Waals surface area contributed by atoms with Crippen molar-refractivity contribution >= 4 is 17.2 Å². The van der Waals surface area contributed by atoms with E-state index in [0.717, 1.165) is 11.6 Å². The van der Waals surface area contributed by atoms with Gasteiger partial charge in [0.25, 0.3) is 0 Å². The van der Waals surface area contributed by atoms with Crippen LogP contribution in [0.5, 0.6) is 0 Å². The van der Waals surface area contributed by atoms with Gasteiger partial charge in [-0.05, 0) is 35.7 Å². The van der Waals surface area contributed by atoms with E-state index < -0.39 is 11.7 Å². The molecular formula is C18H12F3NO. The van der Waals surface area contributed by atoms with Gasteiger partial charge in [0.1, 0.15) is 6.29 Å². The van der Waals surface area contributed by atoms with Gasteiger partial charge in [-0.2, -0.15) is 13.2 Å². The summed E-state index contributed by atoms with van der Waals surface area (Å²) in [6, 6.07) is 10.8. The van der Waals surface area contributed by atoms with Gasteiger partial charge in [-0.3, -0.25) is 9.78 Å². The molecular weight excluding hydrogens is 303 g/mol. The molecule has 0 atom stereocenters. The Bertz CT molecular complexity index is 900. The lowest BCUT2D eigenvalue weighted by Gasteiger charge is -2.14. The van der Waals surface area contributed by atoms with Crippen LogP contribution in [-0.4, -0.2) is 11.3 Å². The molecule has 0 radical (unpaired) electrons. The summed E-state index contributed by atoms with van der Waals surface area (Å²) in [4.78, 5) is 14.9. The zero-order valence-electron chi connectivity index (χ0n) is 12.2. The van der Waals surface area contributed by atoms with E-state index in [1.165, 1.54) is 12.3 Å².